The topological polar surface area (TPSA) is 42.2 Å². The van der Waals surface area contributed by atoms with Crippen LogP contribution in [0.1, 0.15) is 24.9 Å². The maximum atomic E-state index is 4.28. The molecule has 0 saturated heterocycles. The van der Waals surface area contributed by atoms with Gasteiger partial charge in [-0.1, -0.05) is 13.0 Å². The largest absolute Gasteiger partial charge is 0.307 e. The maximum absolute atomic E-state index is 4.28. The molecule has 0 saturated carbocycles. The van der Waals surface area contributed by atoms with E-state index in [9.17, 15) is 0 Å². The summed E-state index contributed by atoms with van der Waals surface area (Å²) in [6.45, 7) is 6.97. The lowest BCUT2D eigenvalue weighted by Crippen LogP contribution is -2.19. The summed E-state index contributed by atoms with van der Waals surface area (Å²) >= 11 is 0. The fourth-order valence-electron chi connectivity index (χ4n) is 1.71. The average Bonchev–Trinajstić information content (AvgIpc) is 2.75. The van der Waals surface area contributed by atoms with Gasteiger partial charge < -0.3 is 5.32 Å². The molecule has 0 aliphatic rings. The molecule has 2 aromatic heterocycles. The molecule has 4 nitrogen and oxygen atoms in total. The van der Waals surface area contributed by atoms with Crippen LogP contribution in [-0.2, 0) is 0 Å². The van der Waals surface area contributed by atoms with Crippen molar-refractivity contribution >= 4 is 5.52 Å². The van der Waals surface area contributed by atoms with Crippen molar-refractivity contribution in [3.63, 3.8) is 0 Å². The first-order valence-corrected chi connectivity index (χ1v) is 5.50. The maximum Gasteiger partial charge on any atom is 0.0895 e. The van der Waals surface area contributed by atoms with E-state index in [1.54, 1.807) is 6.20 Å². The monoisotopic (exact) mass is 216 g/mol. The minimum absolute atomic E-state index is 0.140. The van der Waals surface area contributed by atoms with Crippen molar-refractivity contribution in [1.82, 2.24) is 19.9 Å². The van der Waals surface area contributed by atoms with Gasteiger partial charge in [-0.15, -0.1) is 6.58 Å². The Balaban J connectivity index is 2.33. The molecule has 1 N–H and O–H groups in total. The Morgan fingerprint density at radius 3 is 3.19 bits per heavy atom. The molecule has 2 rings (SSSR count). The number of nitrogens with zero attached hydrogens (tertiary/aromatic N) is 3. The van der Waals surface area contributed by atoms with E-state index < -0.39 is 0 Å². The van der Waals surface area contributed by atoms with Gasteiger partial charge in [0.25, 0.3) is 0 Å². The van der Waals surface area contributed by atoms with Crippen LogP contribution in [-0.4, -0.2) is 21.1 Å². The van der Waals surface area contributed by atoms with Gasteiger partial charge >= 0.3 is 0 Å². The Bertz CT molecular complexity index is 475. The van der Waals surface area contributed by atoms with Crippen LogP contribution < -0.4 is 5.32 Å². The third-order valence-electron chi connectivity index (χ3n) is 2.54. The van der Waals surface area contributed by atoms with Crippen molar-refractivity contribution in [2.24, 2.45) is 0 Å². The van der Waals surface area contributed by atoms with Gasteiger partial charge in [-0.2, -0.15) is 5.10 Å². The summed E-state index contributed by atoms with van der Waals surface area (Å²) in [5.41, 5.74) is 2.15. The second kappa shape index (κ2) is 4.90. The summed E-state index contributed by atoms with van der Waals surface area (Å²) in [5, 5.41) is 7.70. The first-order valence-electron chi connectivity index (χ1n) is 5.50. The first kappa shape index (κ1) is 10.8. The third kappa shape index (κ3) is 1.97. The van der Waals surface area contributed by atoms with Crippen molar-refractivity contribution < 1.29 is 0 Å². The highest BCUT2D eigenvalue weighted by Gasteiger charge is 2.12. The molecule has 16 heavy (non-hydrogen) atoms. The summed E-state index contributed by atoms with van der Waals surface area (Å²) in [7, 11) is 0. The van der Waals surface area contributed by atoms with E-state index in [0.717, 1.165) is 24.0 Å². The Labute approximate surface area is 95.0 Å². The number of hydrogen-bond acceptors (Lipinski definition) is 3. The number of hydrogen-bond donors (Lipinski definition) is 1. The minimum Gasteiger partial charge on any atom is -0.307 e. The Morgan fingerprint density at radius 2 is 2.44 bits per heavy atom. The molecular weight excluding hydrogens is 200 g/mol. The highest BCUT2D eigenvalue weighted by Crippen LogP contribution is 2.18. The number of fused-ring (bicyclic) bond motifs is 1. The Hall–Kier alpha value is -1.68. The summed E-state index contributed by atoms with van der Waals surface area (Å²) in [4.78, 5) is 4.12. The summed E-state index contributed by atoms with van der Waals surface area (Å²) < 4.78 is 1.83. The van der Waals surface area contributed by atoms with Gasteiger partial charge in [0.05, 0.1) is 24.0 Å². The molecule has 1 atom stereocenters. The Kier molecular flexibility index (Phi) is 3.31. The van der Waals surface area contributed by atoms with Crippen LogP contribution in [0.2, 0.25) is 0 Å². The molecule has 0 aliphatic carbocycles. The lowest BCUT2D eigenvalue weighted by molar-refractivity contribution is 0.616. The van der Waals surface area contributed by atoms with Crippen LogP contribution in [0.25, 0.3) is 5.52 Å². The van der Waals surface area contributed by atoms with Gasteiger partial charge in [0, 0.05) is 18.0 Å². The molecule has 0 aliphatic heterocycles. The lowest BCUT2D eigenvalue weighted by Gasteiger charge is -2.12. The van der Waals surface area contributed by atoms with Gasteiger partial charge in [-0.05, 0) is 13.0 Å². The van der Waals surface area contributed by atoms with Crippen LogP contribution in [0.3, 0.4) is 0 Å². The molecule has 0 bridgehead atoms. The van der Waals surface area contributed by atoms with Crippen molar-refractivity contribution in [3.8, 4) is 0 Å². The van der Waals surface area contributed by atoms with Crippen molar-refractivity contribution in [2.45, 2.75) is 19.4 Å². The quantitative estimate of drug-likeness (QED) is 0.777. The van der Waals surface area contributed by atoms with E-state index in [2.05, 4.69) is 28.9 Å². The van der Waals surface area contributed by atoms with Crippen molar-refractivity contribution in [2.75, 3.05) is 6.54 Å². The van der Waals surface area contributed by atoms with Gasteiger partial charge in [0.1, 0.15) is 0 Å². The van der Waals surface area contributed by atoms with Gasteiger partial charge in [0.15, 0.2) is 0 Å². The molecular formula is C12H16N4. The smallest absolute Gasteiger partial charge is 0.0895 e. The van der Waals surface area contributed by atoms with Crippen LogP contribution in [0.4, 0.5) is 0 Å². The zero-order valence-corrected chi connectivity index (χ0v) is 9.43. The minimum atomic E-state index is 0.140. The molecule has 0 radical (unpaired) electrons. The zero-order valence-electron chi connectivity index (χ0n) is 9.43. The molecule has 0 amide bonds. The van der Waals surface area contributed by atoms with Gasteiger partial charge in [0.2, 0.25) is 0 Å². The summed E-state index contributed by atoms with van der Waals surface area (Å²) in [6.07, 6.45) is 10.3. The highest BCUT2D eigenvalue weighted by molar-refractivity contribution is 5.54. The predicted octanol–water partition coefficient (Wildman–Crippen LogP) is 1.96. The van der Waals surface area contributed by atoms with E-state index in [0.29, 0.717) is 0 Å². The van der Waals surface area contributed by atoms with Crippen LogP contribution in [0, 0.1) is 0 Å². The summed E-state index contributed by atoms with van der Waals surface area (Å²) in [5.74, 6) is 0. The van der Waals surface area contributed by atoms with E-state index in [1.807, 2.05) is 29.2 Å². The summed E-state index contributed by atoms with van der Waals surface area (Å²) in [6, 6.07) is 0.140. The Morgan fingerprint density at radius 1 is 1.56 bits per heavy atom. The standard InChI is InChI=1S/C12H16N4/c1-3-5-14-11(4-2)10-8-15-16-7-6-13-9-12(10)16/h4,6-9,11,14H,2-3,5H2,1H3. The van der Waals surface area contributed by atoms with Crippen LogP contribution >= 0.6 is 0 Å². The van der Waals surface area contributed by atoms with Crippen LogP contribution in [0.5, 0.6) is 0 Å². The van der Waals surface area contributed by atoms with E-state index in [4.69, 9.17) is 0 Å². The highest BCUT2D eigenvalue weighted by atomic mass is 15.2. The second-order valence-electron chi connectivity index (χ2n) is 3.67. The van der Waals surface area contributed by atoms with Crippen LogP contribution in [0.15, 0.2) is 37.4 Å². The fraction of sp³-hybridized carbons (Fsp3) is 0.333. The molecule has 1 unspecified atom stereocenters. The number of nitrogens with one attached hydrogen (secondary N) is 1. The predicted molar refractivity (Wildman–Crippen MR) is 64.2 cm³/mol. The van der Waals surface area contributed by atoms with Gasteiger partial charge in [-0.3, -0.25) is 4.98 Å². The van der Waals surface area contributed by atoms with E-state index >= 15 is 0 Å². The molecule has 4 heteroatoms. The van der Waals surface area contributed by atoms with Crippen molar-refractivity contribution in [3.05, 3.63) is 43.0 Å². The van der Waals surface area contributed by atoms with Gasteiger partial charge in [-0.25, -0.2) is 4.52 Å². The fourth-order valence-corrected chi connectivity index (χ4v) is 1.71. The molecule has 0 aromatic carbocycles. The average molecular weight is 216 g/mol. The van der Waals surface area contributed by atoms with Crippen molar-refractivity contribution in [1.29, 1.82) is 0 Å². The first-order chi connectivity index (χ1) is 7.86. The SMILES string of the molecule is C=CC(NCCC)c1cnn2ccncc12. The third-order valence-corrected chi connectivity index (χ3v) is 2.54. The molecule has 0 fully saturated rings. The zero-order chi connectivity index (χ0) is 11.4. The van der Waals surface area contributed by atoms with E-state index in [-0.39, 0.29) is 6.04 Å². The molecule has 0 spiro atoms. The number of rotatable bonds is 5. The molecule has 2 heterocycles. The normalized spacial score (nSPS) is 12.8. The lowest BCUT2D eigenvalue weighted by atomic mass is 10.1. The molecule has 2 aromatic rings. The molecule has 84 valence electrons. The number of aromatic nitrogens is 3. The van der Waals surface area contributed by atoms with E-state index in [1.165, 1.54) is 0 Å². The second-order valence-corrected chi connectivity index (χ2v) is 3.67.